The van der Waals surface area contributed by atoms with Crippen molar-refractivity contribution in [1.82, 2.24) is 29.1 Å². The minimum Gasteiger partial charge on any atom is -0.309 e. The summed E-state index contributed by atoms with van der Waals surface area (Å²) in [5, 5.41) is 9.45. The van der Waals surface area contributed by atoms with Crippen molar-refractivity contribution in [3.63, 3.8) is 0 Å². The first-order chi connectivity index (χ1) is 28.8. The molecule has 0 aliphatic heterocycles. The number of pyridine rings is 1. The number of nitrogens with zero attached hydrogens (tertiary/aromatic N) is 6. The first kappa shape index (κ1) is 32.3. The van der Waals surface area contributed by atoms with E-state index in [0.29, 0.717) is 17.5 Å². The molecule has 0 saturated carbocycles. The Morgan fingerprint density at radius 2 is 0.931 bits per heavy atom. The Kier molecular flexibility index (Phi) is 7.13. The van der Waals surface area contributed by atoms with Gasteiger partial charge in [-0.25, -0.2) is 19.9 Å². The molecular formula is C52H32N6. The molecule has 0 unspecified atom stereocenters. The maximum Gasteiger partial charge on any atom is 0.164 e. The lowest BCUT2D eigenvalue weighted by molar-refractivity contribution is 1.07. The van der Waals surface area contributed by atoms with Crippen LogP contribution in [0.15, 0.2) is 194 Å². The van der Waals surface area contributed by atoms with E-state index in [9.17, 15) is 0 Å². The molecule has 0 N–H and O–H groups in total. The monoisotopic (exact) mass is 740 g/mol. The van der Waals surface area contributed by atoms with Gasteiger partial charge in [-0.1, -0.05) is 140 Å². The quantitative estimate of drug-likeness (QED) is 0.176. The minimum atomic E-state index is 0.616. The Hall–Kier alpha value is -7.96. The SMILES string of the molecule is c1ccc(-c2nc(-c3ccccc3)nc(-c3cc(-n4c5ccccc5c5cc6c7c8ccccc8ccc7n(-c7ccccn7)c6cc54)c4ccccc4c3)n2)cc1. The van der Waals surface area contributed by atoms with Gasteiger partial charge in [0.15, 0.2) is 17.5 Å². The van der Waals surface area contributed by atoms with Crippen LogP contribution < -0.4 is 0 Å². The van der Waals surface area contributed by atoms with Crippen LogP contribution in [0, 0.1) is 0 Å². The van der Waals surface area contributed by atoms with Crippen LogP contribution >= 0.6 is 0 Å². The molecule has 0 aliphatic carbocycles. The Labute approximate surface area is 333 Å². The summed E-state index contributed by atoms with van der Waals surface area (Å²) in [5.74, 6) is 2.76. The van der Waals surface area contributed by atoms with Crippen molar-refractivity contribution in [3.05, 3.63) is 194 Å². The second-order valence-corrected chi connectivity index (χ2v) is 14.7. The van der Waals surface area contributed by atoms with E-state index >= 15 is 0 Å². The average Bonchev–Trinajstić information content (AvgIpc) is 3.80. The van der Waals surface area contributed by atoms with Crippen molar-refractivity contribution in [2.45, 2.75) is 0 Å². The van der Waals surface area contributed by atoms with Gasteiger partial charge in [0.2, 0.25) is 0 Å². The van der Waals surface area contributed by atoms with Gasteiger partial charge in [0.1, 0.15) is 5.82 Å². The number of hydrogen-bond acceptors (Lipinski definition) is 4. The van der Waals surface area contributed by atoms with Gasteiger partial charge >= 0.3 is 0 Å². The van der Waals surface area contributed by atoms with Gasteiger partial charge in [0.05, 0.1) is 27.8 Å². The predicted molar refractivity (Wildman–Crippen MR) is 238 cm³/mol. The molecule has 8 aromatic carbocycles. The van der Waals surface area contributed by atoms with Crippen LogP contribution in [-0.4, -0.2) is 29.1 Å². The third-order valence-electron chi connectivity index (χ3n) is 11.4. The molecule has 6 nitrogen and oxygen atoms in total. The lowest BCUT2D eigenvalue weighted by Crippen LogP contribution is -2.02. The highest BCUT2D eigenvalue weighted by atomic mass is 15.1. The second-order valence-electron chi connectivity index (χ2n) is 14.7. The van der Waals surface area contributed by atoms with Gasteiger partial charge in [-0.05, 0) is 64.7 Å². The molecule has 0 atom stereocenters. The molecule has 270 valence electrons. The van der Waals surface area contributed by atoms with Crippen molar-refractivity contribution < 1.29 is 0 Å². The van der Waals surface area contributed by atoms with Gasteiger partial charge < -0.3 is 4.57 Å². The molecule has 12 rings (SSSR count). The lowest BCUT2D eigenvalue weighted by Gasteiger charge is -2.15. The van der Waals surface area contributed by atoms with Gasteiger partial charge in [0.25, 0.3) is 0 Å². The predicted octanol–water partition coefficient (Wildman–Crippen LogP) is 12.8. The largest absolute Gasteiger partial charge is 0.309 e. The normalized spacial score (nSPS) is 11.8. The molecular weight excluding hydrogens is 709 g/mol. The van der Waals surface area contributed by atoms with Crippen molar-refractivity contribution in [2.24, 2.45) is 0 Å². The molecule has 4 aromatic heterocycles. The van der Waals surface area contributed by atoms with E-state index in [0.717, 1.165) is 61.0 Å². The molecule has 4 heterocycles. The Morgan fingerprint density at radius 3 is 1.66 bits per heavy atom. The zero-order chi connectivity index (χ0) is 38.2. The van der Waals surface area contributed by atoms with Crippen LogP contribution in [0.3, 0.4) is 0 Å². The highest BCUT2D eigenvalue weighted by molar-refractivity contribution is 6.25. The zero-order valence-electron chi connectivity index (χ0n) is 31.2. The third-order valence-corrected chi connectivity index (χ3v) is 11.4. The van der Waals surface area contributed by atoms with E-state index in [-0.39, 0.29) is 0 Å². The third kappa shape index (κ3) is 4.98. The fourth-order valence-corrected chi connectivity index (χ4v) is 8.78. The molecule has 0 amide bonds. The fourth-order valence-electron chi connectivity index (χ4n) is 8.78. The molecule has 0 fully saturated rings. The van der Waals surface area contributed by atoms with Gasteiger partial charge in [-0.2, -0.15) is 0 Å². The van der Waals surface area contributed by atoms with Crippen LogP contribution in [-0.2, 0) is 0 Å². The van der Waals surface area contributed by atoms with E-state index < -0.39 is 0 Å². The summed E-state index contributed by atoms with van der Waals surface area (Å²) in [5.41, 5.74) is 8.28. The van der Waals surface area contributed by atoms with E-state index in [1.807, 2.05) is 72.9 Å². The maximum atomic E-state index is 5.15. The summed E-state index contributed by atoms with van der Waals surface area (Å²) in [6, 6.07) is 66.1. The number of aromatic nitrogens is 6. The second kappa shape index (κ2) is 12.8. The first-order valence-corrected chi connectivity index (χ1v) is 19.5. The summed E-state index contributed by atoms with van der Waals surface area (Å²) < 4.78 is 4.74. The van der Waals surface area contributed by atoms with Crippen molar-refractivity contribution in [1.29, 1.82) is 0 Å². The molecule has 0 bridgehead atoms. The van der Waals surface area contributed by atoms with Crippen molar-refractivity contribution in [2.75, 3.05) is 0 Å². The van der Waals surface area contributed by atoms with Gasteiger partial charge in [0, 0.05) is 49.8 Å². The Balaban J connectivity index is 1.18. The summed E-state index contributed by atoms with van der Waals surface area (Å²) in [4.78, 5) is 20.2. The molecule has 58 heavy (non-hydrogen) atoms. The Morgan fingerprint density at radius 1 is 0.328 bits per heavy atom. The van der Waals surface area contributed by atoms with Crippen LogP contribution in [0.5, 0.6) is 0 Å². The molecule has 0 radical (unpaired) electrons. The van der Waals surface area contributed by atoms with E-state index in [4.69, 9.17) is 19.9 Å². The number of fused-ring (bicyclic) bond motifs is 9. The van der Waals surface area contributed by atoms with E-state index in [1.165, 1.54) is 32.3 Å². The topological polar surface area (TPSA) is 61.4 Å². The molecule has 12 aromatic rings. The summed E-state index contributed by atoms with van der Waals surface area (Å²) in [6.45, 7) is 0. The molecule has 0 saturated heterocycles. The smallest absolute Gasteiger partial charge is 0.164 e. The number of benzene rings is 8. The molecule has 0 spiro atoms. The van der Waals surface area contributed by atoms with Crippen molar-refractivity contribution in [3.8, 4) is 45.7 Å². The fraction of sp³-hybridized carbons (Fsp3) is 0. The number of hydrogen-bond donors (Lipinski definition) is 0. The molecule has 0 aliphatic rings. The van der Waals surface area contributed by atoms with E-state index in [1.54, 1.807) is 0 Å². The Bertz CT molecular complexity index is 3500. The maximum absolute atomic E-state index is 5.15. The number of rotatable bonds is 5. The first-order valence-electron chi connectivity index (χ1n) is 19.5. The average molecular weight is 741 g/mol. The number of para-hydroxylation sites is 1. The molecule has 6 heteroatoms. The van der Waals surface area contributed by atoms with Crippen LogP contribution in [0.2, 0.25) is 0 Å². The summed E-state index contributed by atoms with van der Waals surface area (Å²) >= 11 is 0. The minimum absolute atomic E-state index is 0.616. The van der Waals surface area contributed by atoms with Gasteiger partial charge in [-0.3, -0.25) is 4.57 Å². The van der Waals surface area contributed by atoms with Crippen LogP contribution in [0.4, 0.5) is 0 Å². The highest BCUT2D eigenvalue weighted by Crippen LogP contribution is 2.43. The van der Waals surface area contributed by atoms with Gasteiger partial charge in [-0.15, -0.1) is 0 Å². The van der Waals surface area contributed by atoms with Crippen LogP contribution in [0.1, 0.15) is 0 Å². The highest BCUT2D eigenvalue weighted by Gasteiger charge is 2.22. The summed E-state index contributed by atoms with van der Waals surface area (Å²) in [7, 11) is 0. The van der Waals surface area contributed by atoms with E-state index in [2.05, 4.69) is 130 Å². The summed E-state index contributed by atoms with van der Waals surface area (Å²) in [6.07, 6.45) is 1.87. The standard InChI is InChI=1S/C52H32N6/c1-3-16-34(17-4-1)50-54-51(35-18-5-2-6-19-35)56-52(55-50)37-29-36-20-8-9-21-38(36)45(30-37)57-43-24-12-11-23-40(43)41-31-42-47(32-46(41)57)58(48-25-13-14-28-53-48)44-27-26-33-15-7-10-22-39(33)49(42)44/h1-32H. The lowest BCUT2D eigenvalue weighted by atomic mass is 10.0. The zero-order valence-corrected chi connectivity index (χ0v) is 31.2. The van der Waals surface area contributed by atoms with Crippen molar-refractivity contribution >= 4 is 65.2 Å². The van der Waals surface area contributed by atoms with Crippen LogP contribution in [0.25, 0.3) is 111 Å².